The number of alkyl halides is 2. The van der Waals surface area contributed by atoms with Crippen molar-refractivity contribution in [3.8, 4) is 5.75 Å². The topological polar surface area (TPSA) is 80.5 Å². The molecule has 0 atom stereocenters. The molecule has 2 aromatic rings. The first-order valence-corrected chi connectivity index (χ1v) is 10.4. The van der Waals surface area contributed by atoms with E-state index in [1.54, 1.807) is 4.90 Å². The number of carbonyl (C=O) groups excluding carboxylic acids is 1. The molecule has 1 aromatic heterocycles. The van der Waals surface area contributed by atoms with E-state index in [9.17, 15) is 18.0 Å². The summed E-state index contributed by atoms with van der Waals surface area (Å²) in [6.07, 6.45) is 1.86. The third-order valence-corrected chi connectivity index (χ3v) is 6.53. The van der Waals surface area contributed by atoms with Crippen molar-refractivity contribution in [3.05, 3.63) is 40.8 Å². The van der Waals surface area contributed by atoms with Crippen molar-refractivity contribution >= 4 is 17.5 Å². The first-order valence-electron chi connectivity index (χ1n) is 9.98. The number of ether oxygens (including phenoxy) is 1. The van der Waals surface area contributed by atoms with Crippen LogP contribution in [0.3, 0.4) is 0 Å². The number of carbonyl (C=O) groups is 1. The normalized spacial score (nSPS) is 28.6. The fourth-order valence-electron chi connectivity index (χ4n) is 4.86. The van der Waals surface area contributed by atoms with Crippen LogP contribution in [0, 0.1) is 5.82 Å². The van der Waals surface area contributed by atoms with Crippen LogP contribution in [-0.4, -0.2) is 52.2 Å². The predicted molar refractivity (Wildman–Crippen MR) is 102 cm³/mol. The Kier molecular flexibility index (Phi) is 4.71. The average molecular weight is 457 g/mol. The maximum absolute atomic E-state index is 13.4. The molecule has 3 saturated carbocycles. The van der Waals surface area contributed by atoms with Gasteiger partial charge in [-0.15, -0.1) is 10.2 Å². The van der Waals surface area contributed by atoms with Gasteiger partial charge in [-0.3, -0.25) is 9.69 Å². The minimum atomic E-state index is -2.66. The quantitative estimate of drug-likeness (QED) is 0.689. The summed E-state index contributed by atoms with van der Waals surface area (Å²) in [6, 6.07) is 3.98. The van der Waals surface area contributed by atoms with Crippen LogP contribution in [0.1, 0.15) is 37.5 Å². The maximum atomic E-state index is 13.4. The van der Waals surface area contributed by atoms with Gasteiger partial charge >= 0.3 is 0 Å². The number of aromatic nitrogens is 2. The molecule has 3 aliphatic carbocycles. The number of hydrogen-bond donors (Lipinski definition) is 1. The van der Waals surface area contributed by atoms with Crippen LogP contribution in [0.4, 0.5) is 13.2 Å². The zero-order valence-corrected chi connectivity index (χ0v) is 17.2. The Hall–Kier alpha value is -2.33. The fourth-order valence-corrected chi connectivity index (χ4v) is 4.98. The highest BCUT2D eigenvalue weighted by Gasteiger charge is 2.71. The Balaban J connectivity index is 1.10. The van der Waals surface area contributed by atoms with E-state index in [0.717, 1.165) is 6.07 Å². The van der Waals surface area contributed by atoms with E-state index in [1.165, 1.54) is 12.1 Å². The predicted octanol–water partition coefficient (Wildman–Crippen LogP) is 3.07. The molecule has 2 heterocycles. The summed E-state index contributed by atoms with van der Waals surface area (Å²) in [6.45, 7) is -0.0182. The third kappa shape index (κ3) is 3.87. The number of amides is 1. The number of likely N-dealkylation sites (tertiary alicyclic amines) is 1. The number of benzene rings is 1. The first-order chi connectivity index (χ1) is 14.7. The summed E-state index contributed by atoms with van der Waals surface area (Å²) < 4.78 is 51.1. The summed E-state index contributed by atoms with van der Waals surface area (Å²) >= 11 is 5.62. The van der Waals surface area contributed by atoms with Gasteiger partial charge in [-0.2, -0.15) is 0 Å². The van der Waals surface area contributed by atoms with Gasteiger partial charge in [-0.05, 0) is 31.4 Å². The van der Waals surface area contributed by atoms with E-state index >= 15 is 0 Å². The van der Waals surface area contributed by atoms with Crippen LogP contribution in [0.25, 0.3) is 0 Å². The molecule has 2 bridgehead atoms. The van der Waals surface area contributed by atoms with Crippen LogP contribution >= 0.6 is 11.6 Å². The fraction of sp³-hybridized carbons (Fsp3) is 0.550. The summed E-state index contributed by atoms with van der Waals surface area (Å²) in [4.78, 5) is 13.8. The minimum Gasteiger partial charge on any atom is -0.484 e. The van der Waals surface area contributed by atoms with Gasteiger partial charge in [0.05, 0.1) is 23.5 Å². The monoisotopic (exact) mass is 456 g/mol. The molecule has 1 aromatic carbocycles. The van der Waals surface area contributed by atoms with Crippen LogP contribution in [0.2, 0.25) is 5.02 Å². The first kappa shape index (κ1) is 20.6. The van der Waals surface area contributed by atoms with Gasteiger partial charge in [0.2, 0.25) is 11.8 Å². The third-order valence-electron chi connectivity index (χ3n) is 6.22. The second kappa shape index (κ2) is 7.09. The molecule has 0 spiro atoms. The van der Waals surface area contributed by atoms with Crippen LogP contribution in [0.15, 0.2) is 22.6 Å². The van der Waals surface area contributed by atoms with Crippen molar-refractivity contribution in [3.63, 3.8) is 0 Å². The highest BCUT2D eigenvalue weighted by atomic mass is 35.5. The smallest absolute Gasteiger partial charge is 0.261 e. The Morgan fingerprint density at radius 3 is 2.74 bits per heavy atom. The number of halogens is 4. The number of nitrogens with zero attached hydrogens (tertiary/aromatic N) is 3. The summed E-state index contributed by atoms with van der Waals surface area (Å²) in [7, 11) is 0. The second-order valence-electron chi connectivity index (χ2n) is 8.82. The zero-order valence-electron chi connectivity index (χ0n) is 16.5. The molecule has 11 heteroatoms. The molecule has 6 rings (SSSR count). The van der Waals surface area contributed by atoms with E-state index in [2.05, 4.69) is 15.5 Å². The minimum absolute atomic E-state index is 0.0153. The molecule has 4 fully saturated rings. The van der Waals surface area contributed by atoms with Crippen molar-refractivity contribution < 1.29 is 27.1 Å². The zero-order chi connectivity index (χ0) is 21.9. The standard InChI is InChI=1S/C20H20ClF3N4O3/c21-13-2-1-12(5-14(13)22)30-7-15(29)25-19-8-18(9-19,10-19)17-27-26-16(31-17)6-28-4-3-20(23,24)11-28/h1-2,5H,3-4,6-11H2,(H,25,29). The molecule has 1 saturated heterocycles. The highest BCUT2D eigenvalue weighted by molar-refractivity contribution is 6.30. The van der Waals surface area contributed by atoms with Gasteiger partial charge in [0.15, 0.2) is 6.61 Å². The number of hydrogen-bond acceptors (Lipinski definition) is 6. The van der Waals surface area contributed by atoms with Crippen molar-refractivity contribution in [1.82, 2.24) is 20.4 Å². The Morgan fingerprint density at radius 1 is 1.29 bits per heavy atom. The maximum Gasteiger partial charge on any atom is 0.261 e. The largest absolute Gasteiger partial charge is 0.484 e. The van der Waals surface area contributed by atoms with Gasteiger partial charge in [-0.25, -0.2) is 13.2 Å². The van der Waals surface area contributed by atoms with Gasteiger partial charge in [0.25, 0.3) is 11.8 Å². The Bertz CT molecular complexity index is 1010. The van der Waals surface area contributed by atoms with Crippen LogP contribution in [-0.2, 0) is 16.8 Å². The Labute approximate surface area is 180 Å². The van der Waals surface area contributed by atoms with E-state index in [0.29, 0.717) is 37.6 Å². The van der Waals surface area contributed by atoms with Gasteiger partial charge in [0.1, 0.15) is 11.6 Å². The van der Waals surface area contributed by atoms with Crippen molar-refractivity contribution in [2.24, 2.45) is 0 Å². The van der Waals surface area contributed by atoms with Crippen molar-refractivity contribution in [1.29, 1.82) is 0 Å². The summed E-state index contributed by atoms with van der Waals surface area (Å²) in [5, 5.41) is 11.1. The SMILES string of the molecule is O=C(COc1ccc(Cl)c(F)c1)NC12CC(c3nnc(CN4CCC(F)(F)C4)o3)(C1)C2. The van der Waals surface area contributed by atoms with Gasteiger partial charge in [-0.1, -0.05) is 11.6 Å². The van der Waals surface area contributed by atoms with Crippen molar-refractivity contribution in [2.75, 3.05) is 19.7 Å². The molecule has 4 aliphatic rings. The summed E-state index contributed by atoms with van der Waals surface area (Å²) in [5.74, 6) is -2.52. The van der Waals surface area contributed by atoms with Crippen LogP contribution < -0.4 is 10.1 Å². The van der Waals surface area contributed by atoms with Crippen molar-refractivity contribution in [2.45, 2.75) is 49.1 Å². The van der Waals surface area contributed by atoms with Gasteiger partial charge in [0, 0.05) is 24.6 Å². The molecule has 1 aliphatic heterocycles. The highest BCUT2D eigenvalue weighted by Crippen LogP contribution is 2.67. The molecule has 7 nitrogen and oxygen atoms in total. The molecule has 166 valence electrons. The van der Waals surface area contributed by atoms with E-state index < -0.39 is 11.7 Å². The lowest BCUT2D eigenvalue weighted by Crippen LogP contribution is -2.77. The van der Waals surface area contributed by atoms with Gasteiger partial charge < -0.3 is 14.5 Å². The van der Waals surface area contributed by atoms with E-state index in [4.69, 9.17) is 20.8 Å². The molecular weight excluding hydrogens is 437 g/mol. The molecular formula is C20H20ClF3N4O3. The molecule has 0 unspecified atom stereocenters. The lowest BCUT2D eigenvalue weighted by Gasteiger charge is -2.68. The number of rotatable bonds is 7. The second-order valence-corrected chi connectivity index (χ2v) is 9.23. The average Bonchev–Trinajstić information content (AvgIpc) is 3.24. The molecule has 31 heavy (non-hydrogen) atoms. The number of nitrogens with one attached hydrogen (secondary N) is 1. The Morgan fingerprint density at radius 2 is 2.06 bits per heavy atom. The molecule has 1 amide bonds. The lowest BCUT2D eigenvalue weighted by molar-refractivity contribution is -0.143. The summed E-state index contributed by atoms with van der Waals surface area (Å²) in [5.41, 5.74) is -0.578. The van der Waals surface area contributed by atoms with E-state index in [1.807, 2.05) is 0 Å². The van der Waals surface area contributed by atoms with Crippen LogP contribution in [0.5, 0.6) is 5.75 Å². The molecule has 0 radical (unpaired) electrons. The lowest BCUT2D eigenvalue weighted by atomic mass is 9.39. The van der Waals surface area contributed by atoms with E-state index in [-0.39, 0.29) is 53.8 Å². The molecule has 1 N–H and O–H groups in total.